The Morgan fingerprint density at radius 2 is 2.08 bits per heavy atom. The minimum absolute atomic E-state index is 0.485. The van der Waals surface area contributed by atoms with Gasteiger partial charge in [-0.15, -0.1) is 0 Å². The third-order valence-corrected chi connectivity index (χ3v) is 4.48. The Morgan fingerprint density at radius 3 is 2.75 bits per heavy atom. The van der Waals surface area contributed by atoms with Crippen LogP contribution in [0.25, 0.3) is 0 Å². The third-order valence-electron chi connectivity index (χ3n) is 4.48. The number of ether oxygens (including phenoxy) is 1. The largest absolute Gasteiger partial charge is 0.381 e. The second-order valence-electron chi connectivity index (χ2n) is 6.23. The van der Waals surface area contributed by atoms with E-state index in [0.717, 1.165) is 51.0 Å². The minimum Gasteiger partial charge on any atom is -0.381 e. The Bertz CT molecular complexity index is 545. The Hall–Kier alpha value is -1.69. The van der Waals surface area contributed by atoms with Crippen molar-refractivity contribution in [1.29, 1.82) is 0 Å². The molecule has 1 N–H and O–H groups in total. The first-order chi connectivity index (χ1) is 11.6. The predicted molar refractivity (Wildman–Crippen MR) is 92.2 cm³/mol. The summed E-state index contributed by atoms with van der Waals surface area (Å²) in [7, 11) is 3.75. The van der Waals surface area contributed by atoms with E-state index in [1.807, 2.05) is 7.05 Å². The van der Waals surface area contributed by atoms with Crippen LogP contribution in [0.2, 0.25) is 0 Å². The maximum absolute atomic E-state index is 13.6. The maximum Gasteiger partial charge on any atom is 0.193 e. The van der Waals surface area contributed by atoms with Crippen LogP contribution in [0.1, 0.15) is 24.8 Å². The van der Waals surface area contributed by atoms with Crippen LogP contribution in [0.3, 0.4) is 0 Å². The van der Waals surface area contributed by atoms with E-state index in [-0.39, 0.29) is 0 Å². The number of nitrogens with one attached hydrogen (secondary N) is 1. The third kappa shape index (κ3) is 5.74. The summed E-state index contributed by atoms with van der Waals surface area (Å²) in [4.78, 5) is 6.37. The van der Waals surface area contributed by atoms with Crippen molar-refractivity contribution in [2.24, 2.45) is 10.9 Å². The molecule has 1 aliphatic heterocycles. The van der Waals surface area contributed by atoms with Gasteiger partial charge in [-0.05, 0) is 43.2 Å². The number of rotatable bonds is 6. The molecule has 1 aromatic rings. The van der Waals surface area contributed by atoms with Crippen molar-refractivity contribution in [1.82, 2.24) is 10.2 Å². The van der Waals surface area contributed by atoms with E-state index in [4.69, 9.17) is 4.74 Å². The molecule has 134 valence electrons. The quantitative estimate of drug-likeness (QED) is 0.640. The maximum atomic E-state index is 13.6. The SMILES string of the molecule is CN=C(NCCc1ccc(F)cc1F)N(C)CCC1CCOCC1. The lowest BCUT2D eigenvalue weighted by atomic mass is 9.96. The summed E-state index contributed by atoms with van der Waals surface area (Å²) in [5.41, 5.74) is 0.504. The lowest BCUT2D eigenvalue weighted by Gasteiger charge is -2.26. The topological polar surface area (TPSA) is 36.9 Å². The molecule has 0 radical (unpaired) electrons. The first-order valence-corrected chi connectivity index (χ1v) is 8.53. The molecule has 0 aromatic heterocycles. The molecule has 1 aromatic carbocycles. The summed E-state index contributed by atoms with van der Waals surface area (Å²) in [5, 5.41) is 3.24. The average Bonchev–Trinajstić information content (AvgIpc) is 2.59. The van der Waals surface area contributed by atoms with Gasteiger partial charge in [-0.1, -0.05) is 6.07 Å². The molecule has 1 saturated heterocycles. The molecule has 0 saturated carbocycles. The molecule has 0 bridgehead atoms. The van der Waals surface area contributed by atoms with Crippen LogP contribution in [-0.4, -0.2) is 51.3 Å². The van der Waals surface area contributed by atoms with Crippen LogP contribution in [0.5, 0.6) is 0 Å². The van der Waals surface area contributed by atoms with Crippen LogP contribution in [0, 0.1) is 17.6 Å². The summed E-state index contributed by atoms with van der Waals surface area (Å²) in [5.74, 6) is 0.463. The standard InChI is InChI=1S/C18H27F2N3O/c1-21-18(23(2)10-6-14-7-11-24-12-8-14)22-9-5-15-3-4-16(19)13-17(15)20/h3-4,13-14H,5-12H2,1-2H3,(H,21,22). The molecule has 2 rings (SSSR count). The van der Waals surface area contributed by atoms with Gasteiger partial charge in [0.25, 0.3) is 0 Å². The fraction of sp³-hybridized carbons (Fsp3) is 0.611. The molecule has 0 spiro atoms. The van der Waals surface area contributed by atoms with Crippen molar-refractivity contribution >= 4 is 5.96 Å². The highest BCUT2D eigenvalue weighted by molar-refractivity contribution is 5.79. The van der Waals surface area contributed by atoms with Crippen LogP contribution in [-0.2, 0) is 11.2 Å². The molecule has 24 heavy (non-hydrogen) atoms. The van der Waals surface area contributed by atoms with Gasteiger partial charge < -0.3 is 15.0 Å². The molecule has 0 atom stereocenters. The molecule has 0 amide bonds. The van der Waals surface area contributed by atoms with Crippen molar-refractivity contribution in [2.75, 3.05) is 40.4 Å². The molecule has 4 nitrogen and oxygen atoms in total. The van der Waals surface area contributed by atoms with E-state index in [2.05, 4.69) is 15.2 Å². The van der Waals surface area contributed by atoms with Gasteiger partial charge in [0.15, 0.2) is 5.96 Å². The van der Waals surface area contributed by atoms with Gasteiger partial charge in [-0.2, -0.15) is 0 Å². The van der Waals surface area contributed by atoms with Gasteiger partial charge >= 0.3 is 0 Å². The summed E-state index contributed by atoms with van der Waals surface area (Å²) >= 11 is 0. The van der Waals surface area contributed by atoms with E-state index in [0.29, 0.717) is 24.4 Å². The zero-order valence-electron chi connectivity index (χ0n) is 14.5. The van der Waals surface area contributed by atoms with Gasteiger partial charge in [0.2, 0.25) is 0 Å². The Kier molecular flexibility index (Phi) is 7.43. The number of hydrogen-bond donors (Lipinski definition) is 1. The lowest BCUT2D eigenvalue weighted by molar-refractivity contribution is 0.0625. The van der Waals surface area contributed by atoms with Crippen molar-refractivity contribution in [2.45, 2.75) is 25.7 Å². The van der Waals surface area contributed by atoms with Crippen LogP contribution < -0.4 is 5.32 Å². The fourth-order valence-corrected chi connectivity index (χ4v) is 2.94. The van der Waals surface area contributed by atoms with Crippen molar-refractivity contribution in [3.05, 3.63) is 35.4 Å². The van der Waals surface area contributed by atoms with Crippen LogP contribution in [0.15, 0.2) is 23.2 Å². The summed E-state index contributed by atoms with van der Waals surface area (Å²) in [6.45, 7) is 3.21. The van der Waals surface area contributed by atoms with Gasteiger partial charge in [-0.25, -0.2) is 8.78 Å². The van der Waals surface area contributed by atoms with E-state index in [1.165, 1.54) is 12.1 Å². The number of nitrogens with zero attached hydrogens (tertiary/aromatic N) is 2. The molecule has 1 aliphatic rings. The number of guanidine groups is 1. The van der Waals surface area contributed by atoms with Crippen molar-refractivity contribution < 1.29 is 13.5 Å². The number of benzene rings is 1. The van der Waals surface area contributed by atoms with Crippen molar-refractivity contribution in [3.8, 4) is 0 Å². The van der Waals surface area contributed by atoms with Crippen LogP contribution >= 0.6 is 0 Å². The zero-order chi connectivity index (χ0) is 17.4. The second-order valence-corrected chi connectivity index (χ2v) is 6.23. The number of hydrogen-bond acceptors (Lipinski definition) is 2. The molecular formula is C18H27F2N3O. The Morgan fingerprint density at radius 1 is 1.33 bits per heavy atom. The number of aliphatic imine (C=N–C) groups is 1. The smallest absolute Gasteiger partial charge is 0.193 e. The molecule has 0 aliphatic carbocycles. The Labute approximate surface area is 142 Å². The molecule has 6 heteroatoms. The van der Waals surface area contributed by atoms with E-state index in [9.17, 15) is 8.78 Å². The molecule has 1 fully saturated rings. The lowest BCUT2D eigenvalue weighted by Crippen LogP contribution is -2.40. The first kappa shape index (κ1) is 18.6. The molecule has 1 heterocycles. The van der Waals surface area contributed by atoms with Crippen LogP contribution in [0.4, 0.5) is 8.78 Å². The normalized spacial score (nSPS) is 16.2. The fourth-order valence-electron chi connectivity index (χ4n) is 2.94. The Balaban J connectivity index is 1.74. The predicted octanol–water partition coefficient (Wildman–Crippen LogP) is 2.83. The summed E-state index contributed by atoms with van der Waals surface area (Å²) < 4.78 is 31.9. The van der Waals surface area contributed by atoms with Crippen molar-refractivity contribution in [3.63, 3.8) is 0 Å². The highest BCUT2D eigenvalue weighted by Gasteiger charge is 2.15. The zero-order valence-corrected chi connectivity index (χ0v) is 14.5. The summed E-state index contributed by atoms with van der Waals surface area (Å²) in [6.07, 6.45) is 3.86. The molecule has 0 unspecified atom stereocenters. The van der Waals surface area contributed by atoms with Gasteiger partial charge in [0.05, 0.1) is 0 Å². The second kappa shape index (κ2) is 9.57. The van der Waals surface area contributed by atoms with Gasteiger partial charge in [-0.3, -0.25) is 4.99 Å². The highest BCUT2D eigenvalue weighted by atomic mass is 19.1. The summed E-state index contributed by atoms with van der Waals surface area (Å²) in [6, 6.07) is 3.70. The van der Waals surface area contributed by atoms with Gasteiger partial charge in [0.1, 0.15) is 11.6 Å². The van der Waals surface area contributed by atoms with Gasteiger partial charge in [0, 0.05) is 46.5 Å². The van der Waals surface area contributed by atoms with E-state index < -0.39 is 11.6 Å². The first-order valence-electron chi connectivity index (χ1n) is 8.53. The minimum atomic E-state index is -0.548. The monoisotopic (exact) mass is 339 g/mol. The highest BCUT2D eigenvalue weighted by Crippen LogP contribution is 2.18. The molecular weight excluding hydrogens is 312 g/mol. The van der Waals surface area contributed by atoms with E-state index in [1.54, 1.807) is 7.05 Å². The van der Waals surface area contributed by atoms with E-state index >= 15 is 0 Å². The number of halogens is 2. The average molecular weight is 339 g/mol.